The predicted molar refractivity (Wildman–Crippen MR) is 187 cm³/mol. The number of aromatic amines is 1. The fourth-order valence-corrected chi connectivity index (χ4v) is 6.90. The van der Waals surface area contributed by atoms with E-state index in [1.54, 1.807) is 45.4 Å². The first-order valence-corrected chi connectivity index (χ1v) is 16.5. The number of anilines is 1. The first kappa shape index (κ1) is 34.8. The minimum Gasteiger partial charge on any atom is -0.461 e. The number of carbonyl (C=O) groups is 2. The molecule has 264 valence electrons. The molecule has 0 amide bonds. The monoisotopic (exact) mass is 689 g/mol. The van der Waals surface area contributed by atoms with E-state index < -0.39 is 35.2 Å². The molecular weight excluding hydrogens is 648 g/mol. The van der Waals surface area contributed by atoms with Crippen LogP contribution in [0.25, 0.3) is 33.4 Å². The van der Waals surface area contributed by atoms with Gasteiger partial charge in [0.25, 0.3) is 5.56 Å². The van der Waals surface area contributed by atoms with E-state index in [9.17, 15) is 18.8 Å². The Morgan fingerprint density at radius 1 is 1.20 bits per heavy atom. The van der Waals surface area contributed by atoms with Gasteiger partial charge in [0.1, 0.15) is 42.0 Å². The summed E-state index contributed by atoms with van der Waals surface area (Å²) in [6, 6.07) is 5.89. The van der Waals surface area contributed by atoms with E-state index in [1.807, 2.05) is 6.07 Å². The quantitative estimate of drug-likeness (QED) is 0.121. The molecule has 2 aliphatic heterocycles. The SMILES string of the molecule is C=C(F)/C=C(/NC)c1[nH]c2ncc(-c3ccc4ccc(C(=O)OCCOC(=O)C(N)C(C)C)c(=O)n4c3)c(N3CC[C@H]4CN(C)C[C@H]43)c2c1F. The number of nitrogens with two attached hydrogens (primary N) is 1. The number of allylic oxidation sites excluding steroid dienone is 2. The number of fused-ring (bicyclic) bond motifs is 3. The number of likely N-dealkylation sites (tertiary alicyclic amines) is 1. The van der Waals surface area contributed by atoms with Gasteiger partial charge in [-0.2, -0.15) is 0 Å². The average Bonchev–Trinajstić information content (AvgIpc) is 3.76. The lowest BCUT2D eigenvalue weighted by molar-refractivity contribution is -0.147. The number of hydrogen-bond donors (Lipinski definition) is 3. The zero-order chi connectivity index (χ0) is 35.9. The summed E-state index contributed by atoms with van der Waals surface area (Å²) in [6.07, 6.45) is 5.27. The van der Waals surface area contributed by atoms with Crippen LogP contribution < -0.4 is 21.5 Å². The third-order valence-electron chi connectivity index (χ3n) is 9.52. The highest BCUT2D eigenvalue weighted by Crippen LogP contribution is 2.44. The standard InChI is InChI=1S/C36H41F2N7O5/c1-19(2)30(39)36(48)50-13-12-49-35(47)24-9-8-23-7-6-21(17-45(23)34(24)46)25-15-41-33-28(29(38)31(42-33)26(40-4)14-20(3)37)32(25)44-11-10-22-16-43(5)18-27(22)44/h6-9,14-15,17,19,22,27,30,40H,3,10-13,16,18,39H2,1-2,4-5H3,(H,41,42)/b26-14+/t22-,27+,30?/m0/s1. The molecule has 50 heavy (non-hydrogen) atoms. The number of H-pyrrole nitrogens is 1. The number of hydrogen-bond acceptors (Lipinski definition) is 10. The number of nitrogens with zero attached hydrogens (tertiary/aromatic N) is 4. The largest absolute Gasteiger partial charge is 0.461 e. The Labute approximate surface area is 287 Å². The molecule has 2 saturated heterocycles. The Bertz CT molecular complexity index is 2070. The molecular formula is C36H41F2N7O5. The normalized spacial score (nSPS) is 18.6. The average molecular weight is 690 g/mol. The molecule has 4 aromatic rings. The molecule has 2 fully saturated rings. The molecule has 12 nitrogen and oxygen atoms in total. The van der Waals surface area contributed by atoms with E-state index in [-0.39, 0.29) is 53.2 Å². The number of carbonyl (C=O) groups excluding carboxylic acids is 2. The van der Waals surface area contributed by atoms with Gasteiger partial charge in [-0.3, -0.25) is 14.0 Å². The van der Waals surface area contributed by atoms with Crippen LogP contribution in [0, 0.1) is 17.7 Å². The number of halogens is 2. The lowest BCUT2D eigenvalue weighted by atomic mass is 10.0. The molecule has 0 saturated carbocycles. The lowest BCUT2D eigenvalue weighted by Gasteiger charge is -2.29. The van der Waals surface area contributed by atoms with Gasteiger partial charge in [-0.1, -0.05) is 26.5 Å². The van der Waals surface area contributed by atoms with Crippen LogP contribution in [-0.2, 0) is 14.3 Å². The van der Waals surface area contributed by atoms with E-state index in [1.165, 1.54) is 10.5 Å². The Balaban J connectivity index is 1.39. The van der Waals surface area contributed by atoms with Crippen molar-refractivity contribution < 1.29 is 27.8 Å². The van der Waals surface area contributed by atoms with Crippen molar-refractivity contribution in [3.05, 3.63) is 82.6 Å². The highest BCUT2D eigenvalue weighted by atomic mass is 19.1. The minimum atomic E-state index is -0.873. The summed E-state index contributed by atoms with van der Waals surface area (Å²) in [5.41, 5.74) is 7.76. The lowest BCUT2D eigenvalue weighted by Crippen LogP contribution is -2.37. The van der Waals surface area contributed by atoms with Crippen LogP contribution in [0.5, 0.6) is 0 Å². The first-order valence-electron chi connectivity index (χ1n) is 16.5. The smallest absolute Gasteiger partial charge is 0.343 e. The van der Waals surface area contributed by atoms with Crippen molar-refractivity contribution in [3.63, 3.8) is 0 Å². The van der Waals surface area contributed by atoms with Crippen molar-refractivity contribution in [2.24, 2.45) is 17.6 Å². The summed E-state index contributed by atoms with van der Waals surface area (Å²) in [5, 5.41) is 3.09. The molecule has 6 heterocycles. The van der Waals surface area contributed by atoms with Gasteiger partial charge < -0.3 is 35.3 Å². The molecule has 4 N–H and O–H groups in total. The van der Waals surface area contributed by atoms with Gasteiger partial charge >= 0.3 is 11.9 Å². The Hall–Kier alpha value is -5.08. The third kappa shape index (κ3) is 6.48. The van der Waals surface area contributed by atoms with Crippen LogP contribution >= 0.6 is 0 Å². The third-order valence-corrected chi connectivity index (χ3v) is 9.52. The topological polar surface area (TPSA) is 147 Å². The molecule has 1 unspecified atom stereocenters. The van der Waals surface area contributed by atoms with Crippen molar-refractivity contribution in [1.82, 2.24) is 24.6 Å². The second kappa shape index (κ2) is 14.0. The fraction of sp³-hybridized carbons (Fsp3) is 0.389. The van der Waals surface area contributed by atoms with E-state index >= 15 is 4.39 Å². The van der Waals surface area contributed by atoms with Gasteiger partial charge in [0.15, 0.2) is 5.82 Å². The predicted octanol–water partition coefficient (Wildman–Crippen LogP) is 3.85. The summed E-state index contributed by atoms with van der Waals surface area (Å²) >= 11 is 0. The molecule has 0 bridgehead atoms. The maximum Gasteiger partial charge on any atom is 0.343 e. The molecule has 6 rings (SSSR count). The number of nitrogens with one attached hydrogen (secondary N) is 2. The van der Waals surface area contributed by atoms with E-state index in [0.717, 1.165) is 25.6 Å². The number of rotatable bonds is 11. The minimum absolute atomic E-state index is 0.0434. The number of aromatic nitrogens is 3. The Morgan fingerprint density at radius 3 is 2.66 bits per heavy atom. The molecule has 14 heteroatoms. The summed E-state index contributed by atoms with van der Waals surface area (Å²) < 4.78 is 42.1. The van der Waals surface area contributed by atoms with Crippen LogP contribution in [0.15, 0.2) is 59.9 Å². The van der Waals surface area contributed by atoms with Gasteiger partial charge in [0.05, 0.1) is 16.8 Å². The van der Waals surface area contributed by atoms with Crippen molar-refractivity contribution in [2.45, 2.75) is 32.4 Å². The van der Waals surface area contributed by atoms with Gasteiger partial charge in [0.2, 0.25) is 0 Å². The number of pyridine rings is 3. The molecule has 0 radical (unpaired) electrons. The second-order valence-corrected chi connectivity index (χ2v) is 13.2. The van der Waals surface area contributed by atoms with Crippen LogP contribution in [-0.4, -0.2) is 90.2 Å². The highest BCUT2D eigenvalue weighted by Gasteiger charge is 2.42. The summed E-state index contributed by atoms with van der Waals surface area (Å²) in [5.74, 6) is -2.54. The highest BCUT2D eigenvalue weighted by molar-refractivity contribution is 6.01. The van der Waals surface area contributed by atoms with Gasteiger partial charge in [0, 0.05) is 61.8 Å². The molecule has 4 aromatic heterocycles. The van der Waals surface area contributed by atoms with Crippen molar-refractivity contribution in [3.8, 4) is 11.1 Å². The van der Waals surface area contributed by atoms with E-state index in [4.69, 9.17) is 15.2 Å². The van der Waals surface area contributed by atoms with E-state index in [2.05, 4.69) is 38.7 Å². The number of esters is 2. The molecule has 0 aromatic carbocycles. The van der Waals surface area contributed by atoms with Crippen molar-refractivity contribution >= 4 is 39.9 Å². The van der Waals surface area contributed by atoms with Crippen LogP contribution in [0.3, 0.4) is 0 Å². The van der Waals surface area contributed by atoms with Crippen LogP contribution in [0.1, 0.15) is 36.3 Å². The Morgan fingerprint density at radius 2 is 1.94 bits per heavy atom. The Kier molecular flexibility index (Phi) is 9.76. The second-order valence-electron chi connectivity index (χ2n) is 13.2. The van der Waals surface area contributed by atoms with Crippen LogP contribution in [0.2, 0.25) is 0 Å². The number of ether oxygens (including phenoxy) is 2. The van der Waals surface area contributed by atoms with Gasteiger partial charge in [-0.05, 0) is 49.6 Å². The van der Waals surface area contributed by atoms with Crippen molar-refractivity contribution in [1.29, 1.82) is 0 Å². The van der Waals surface area contributed by atoms with Gasteiger partial charge in [-0.25, -0.2) is 18.6 Å². The van der Waals surface area contributed by atoms with E-state index in [0.29, 0.717) is 34.8 Å². The molecule has 0 aliphatic carbocycles. The summed E-state index contributed by atoms with van der Waals surface area (Å²) in [4.78, 5) is 50.7. The van der Waals surface area contributed by atoms with Crippen molar-refractivity contribution in [2.75, 3.05) is 51.8 Å². The fourth-order valence-electron chi connectivity index (χ4n) is 6.90. The number of likely N-dealkylation sites (N-methyl/N-ethyl adjacent to an activating group) is 1. The maximum absolute atomic E-state index is 16.6. The molecule has 2 aliphatic rings. The summed E-state index contributed by atoms with van der Waals surface area (Å²) in [6.45, 7) is 8.81. The maximum atomic E-state index is 16.6. The molecule has 3 atom stereocenters. The zero-order valence-corrected chi connectivity index (χ0v) is 28.5. The zero-order valence-electron chi connectivity index (χ0n) is 28.5. The first-order chi connectivity index (χ1) is 23.9. The summed E-state index contributed by atoms with van der Waals surface area (Å²) in [7, 11) is 3.63. The molecule has 0 spiro atoms. The van der Waals surface area contributed by atoms with Crippen LogP contribution in [0.4, 0.5) is 14.5 Å². The van der Waals surface area contributed by atoms with Gasteiger partial charge in [-0.15, -0.1) is 0 Å².